The number of aryl methyl sites for hydroxylation is 3. The number of nitrogens with one attached hydrogen (secondary N) is 2. The maximum Gasteiger partial charge on any atom is 0.451 e. The van der Waals surface area contributed by atoms with E-state index in [0.29, 0.717) is 18.4 Å². The average molecular weight is 458 g/mol. The van der Waals surface area contributed by atoms with Crippen molar-refractivity contribution in [3.8, 4) is 5.75 Å². The third-order valence-corrected chi connectivity index (χ3v) is 7.54. The molecule has 0 saturated carbocycles. The van der Waals surface area contributed by atoms with Gasteiger partial charge in [0.25, 0.3) is 10.0 Å². The van der Waals surface area contributed by atoms with Crippen molar-refractivity contribution in [1.29, 1.82) is 0 Å². The van der Waals surface area contributed by atoms with Crippen LogP contribution in [0.25, 0.3) is 0 Å². The number of carbonyl (C=O) groups excluding carboxylic acids is 1. The van der Waals surface area contributed by atoms with Gasteiger partial charge in [-0.2, -0.15) is 0 Å². The van der Waals surface area contributed by atoms with Crippen molar-refractivity contribution < 1.29 is 28.4 Å². The Morgan fingerprint density at radius 3 is 2.25 bits per heavy atom. The lowest BCUT2D eigenvalue weighted by Crippen LogP contribution is -2.35. The van der Waals surface area contributed by atoms with E-state index in [1.54, 1.807) is 0 Å². The summed E-state index contributed by atoms with van der Waals surface area (Å²) in [6.07, 6.45) is 6.66. The minimum atomic E-state index is -4.18. The Morgan fingerprint density at radius 2 is 1.66 bits per heavy atom. The van der Waals surface area contributed by atoms with E-state index in [0.717, 1.165) is 61.4 Å². The van der Waals surface area contributed by atoms with Gasteiger partial charge in [0.2, 0.25) is 0 Å². The van der Waals surface area contributed by atoms with Gasteiger partial charge >= 0.3 is 13.1 Å². The zero-order chi connectivity index (χ0) is 22.9. The van der Waals surface area contributed by atoms with Crippen molar-refractivity contribution in [2.24, 2.45) is 0 Å². The topological polar surface area (TPSA) is 136 Å². The Bertz CT molecular complexity index is 1120. The molecule has 170 valence electrons. The number of amides is 2. The highest BCUT2D eigenvalue weighted by Crippen LogP contribution is 2.38. The molecule has 0 spiro atoms. The lowest BCUT2D eigenvalue weighted by atomic mass is 9.83. The van der Waals surface area contributed by atoms with Gasteiger partial charge in [-0.05, 0) is 85.1 Å². The number of urea groups is 1. The SMILES string of the molecule is O=C(Nc1c2c(cc3c1CCC3)CCC2)NS(=O)(=O)c1ccc(CCCB(O)O)c(O)c1. The average Bonchev–Trinajstić information content (AvgIpc) is 3.37. The molecule has 0 bridgehead atoms. The maximum absolute atomic E-state index is 12.7. The van der Waals surface area contributed by atoms with Crippen LogP contribution in [0.1, 0.15) is 47.1 Å². The number of benzene rings is 2. The van der Waals surface area contributed by atoms with Crippen molar-refractivity contribution in [2.75, 3.05) is 5.32 Å². The number of anilines is 1. The van der Waals surface area contributed by atoms with Crippen molar-refractivity contribution in [3.05, 3.63) is 52.1 Å². The van der Waals surface area contributed by atoms with Crippen LogP contribution in [-0.4, -0.2) is 36.7 Å². The molecule has 2 aromatic carbocycles. The number of phenols is 1. The van der Waals surface area contributed by atoms with Gasteiger partial charge in [0.1, 0.15) is 5.75 Å². The summed E-state index contributed by atoms with van der Waals surface area (Å²) in [6, 6.07) is 5.29. The number of carbonyl (C=O) groups is 1. The lowest BCUT2D eigenvalue weighted by molar-refractivity contribution is 0.256. The molecule has 0 atom stereocenters. The van der Waals surface area contributed by atoms with Gasteiger partial charge in [0.05, 0.1) is 4.90 Å². The zero-order valence-electron chi connectivity index (χ0n) is 17.7. The molecule has 0 heterocycles. The normalized spacial score (nSPS) is 14.7. The Kier molecular flexibility index (Phi) is 6.46. The molecule has 0 saturated heterocycles. The Hall–Kier alpha value is -2.56. The van der Waals surface area contributed by atoms with E-state index in [1.807, 2.05) is 0 Å². The number of fused-ring (bicyclic) bond motifs is 2. The number of phenolic OH excluding ortho intramolecular Hbond substituents is 1. The van der Waals surface area contributed by atoms with Crippen LogP contribution in [0.2, 0.25) is 6.32 Å². The van der Waals surface area contributed by atoms with Gasteiger partial charge in [0.15, 0.2) is 0 Å². The number of rotatable bonds is 7. The van der Waals surface area contributed by atoms with Crippen LogP contribution in [0.4, 0.5) is 10.5 Å². The highest BCUT2D eigenvalue weighted by atomic mass is 32.2. The van der Waals surface area contributed by atoms with Crippen molar-refractivity contribution >= 4 is 28.9 Å². The van der Waals surface area contributed by atoms with Crippen LogP contribution in [0.15, 0.2) is 29.2 Å². The molecule has 0 unspecified atom stereocenters. The molecule has 32 heavy (non-hydrogen) atoms. The van der Waals surface area contributed by atoms with Crippen molar-refractivity contribution in [3.63, 3.8) is 0 Å². The molecule has 0 aliphatic heterocycles. The molecule has 4 rings (SSSR count). The van der Waals surface area contributed by atoms with Crippen molar-refractivity contribution in [2.45, 2.75) is 62.6 Å². The van der Waals surface area contributed by atoms with Crippen LogP contribution in [-0.2, 0) is 42.1 Å². The first kappa shape index (κ1) is 22.6. The van der Waals surface area contributed by atoms with E-state index in [-0.39, 0.29) is 17.0 Å². The van der Waals surface area contributed by atoms with Gasteiger partial charge < -0.3 is 20.5 Å². The van der Waals surface area contributed by atoms with Crippen LogP contribution in [0.3, 0.4) is 0 Å². The number of aromatic hydroxyl groups is 1. The summed E-state index contributed by atoms with van der Waals surface area (Å²) in [5, 5.41) is 30.8. The predicted molar refractivity (Wildman–Crippen MR) is 121 cm³/mol. The molecule has 0 fully saturated rings. The molecule has 5 N–H and O–H groups in total. The molecular formula is C22H27BN2O6S. The first-order valence-corrected chi connectivity index (χ1v) is 12.4. The number of hydrogen-bond acceptors (Lipinski definition) is 6. The Labute approximate surface area is 187 Å². The molecule has 2 aliphatic rings. The van der Waals surface area contributed by atoms with E-state index in [4.69, 9.17) is 10.0 Å². The number of hydrogen-bond donors (Lipinski definition) is 5. The second kappa shape index (κ2) is 9.13. The fourth-order valence-electron chi connectivity index (χ4n) is 4.68. The second-order valence-corrected chi connectivity index (χ2v) is 10.1. The number of sulfonamides is 1. The van der Waals surface area contributed by atoms with Crippen LogP contribution >= 0.6 is 0 Å². The van der Waals surface area contributed by atoms with Crippen LogP contribution < -0.4 is 10.0 Å². The van der Waals surface area contributed by atoms with Gasteiger partial charge in [-0.1, -0.05) is 18.6 Å². The molecule has 0 radical (unpaired) electrons. The molecule has 10 heteroatoms. The van der Waals surface area contributed by atoms with Gasteiger partial charge in [-0.25, -0.2) is 17.9 Å². The van der Waals surface area contributed by atoms with Crippen LogP contribution in [0.5, 0.6) is 5.75 Å². The van der Waals surface area contributed by atoms with Crippen molar-refractivity contribution in [1.82, 2.24) is 4.72 Å². The third-order valence-electron chi connectivity index (χ3n) is 6.21. The smallest absolute Gasteiger partial charge is 0.451 e. The fourth-order valence-corrected chi connectivity index (χ4v) is 5.61. The molecule has 8 nitrogen and oxygen atoms in total. The fraction of sp³-hybridized carbons (Fsp3) is 0.409. The molecule has 2 aliphatic carbocycles. The van der Waals surface area contributed by atoms with Gasteiger partial charge in [0, 0.05) is 11.8 Å². The zero-order valence-corrected chi connectivity index (χ0v) is 18.5. The van der Waals surface area contributed by atoms with E-state index >= 15 is 0 Å². The Balaban J connectivity index is 1.48. The van der Waals surface area contributed by atoms with Gasteiger partial charge in [-0.3, -0.25) is 0 Å². The summed E-state index contributed by atoms with van der Waals surface area (Å²) in [4.78, 5) is 12.4. The molecular weight excluding hydrogens is 431 g/mol. The van der Waals surface area contributed by atoms with E-state index in [9.17, 15) is 18.3 Å². The highest BCUT2D eigenvalue weighted by Gasteiger charge is 2.26. The summed E-state index contributed by atoms with van der Waals surface area (Å²) >= 11 is 0. The quantitative estimate of drug-likeness (QED) is 0.404. The van der Waals surface area contributed by atoms with E-state index < -0.39 is 23.2 Å². The third kappa shape index (κ3) is 4.77. The predicted octanol–water partition coefficient (Wildman–Crippen LogP) is 2.29. The van der Waals surface area contributed by atoms with E-state index in [1.165, 1.54) is 23.3 Å². The molecule has 2 aromatic rings. The summed E-state index contributed by atoms with van der Waals surface area (Å²) in [7, 11) is -5.61. The van der Waals surface area contributed by atoms with Crippen LogP contribution in [0, 0.1) is 0 Å². The largest absolute Gasteiger partial charge is 0.508 e. The van der Waals surface area contributed by atoms with Gasteiger partial charge in [-0.15, -0.1) is 0 Å². The lowest BCUT2D eigenvalue weighted by Gasteiger charge is -2.17. The minimum Gasteiger partial charge on any atom is -0.508 e. The summed E-state index contributed by atoms with van der Waals surface area (Å²) in [6.45, 7) is 0. The summed E-state index contributed by atoms with van der Waals surface area (Å²) in [5.41, 5.74) is 5.92. The Morgan fingerprint density at radius 1 is 1.00 bits per heavy atom. The monoisotopic (exact) mass is 458 g/mol. The highest BCUT2D eigenvalue weighted by molar-refractivity contribution is 7.90. The summed E-state index contributed by atoms with van der Waals surface area (Å²) in [5.74, 6) is -0.223. The first-order chi connectivity index (χ1) is 15.2. The molecule has 2 amide bonds. The van der Waals surface area contributed by atoms with E-state index in [2.05, 4.69) is 16.1 Å². The maximum atomic E-state index is 12.7. The molecule has 0 aromatic heterocycles. The summed E-state index contributed by atoms with van der Waals surface area (Å²) < 4.78 is 27.5. The first-order valence-electron chi connectivity index (χ1n) is 10.9. The minimum absolute atomic E-state index is 0.147. The second-order valence-electron chi connectivity index (χ2n) is 8.46. The standard InChI is InChI=1S/C22H27BN2O6S/c26-20-13-17(10-9-14(20)6-3-11-23(28)29)32(30,31)25-22(27)24-21-18-7-1-4-15(18)12-16-5-2-8-19(16)21/h9-10,12-13,26,28-29H,1-8,11H2,(H2,24,25,27).